The lowest BCUT2D eigenvalue weighted by atomic mass is 9.98. The maximum absolute atomic E-state index is 12.2. The summed E-state index contributed by atoms with van der Waals surface area (Å²) in [5.41, 5.74) is 5.20. The Balaban J connectivity index is 1.22. The number of aliphatic carboxylic acids is 1. The second-order valence-electron chi connectivity index (χ2n) is 8.22. The summed E-state index contributed by atoms with van der Waals surface area (Å²) in [5.74, 6) is -1.54. The maximum Gasteiger partial charge on any atom is 0.407 e. The number of carboxylic acid groups (broad SMARTS) is 1. The first kappa shape index (κ1) is 23.9. The number of hydrogen-bond donors (Lipinski definition) is 4. The zero-order chi connectivity index (χ0) is 24.8. The fraction of sp³-hybridized carbons (Fsp3) is 0.231. The van der Waals surface area contributed by atoms with Crippen LogP contribution < -0.4 is 10.6 Å². The highest BCUT2D eigenvalue weighted by Crippen LogP contribution is 2.44. The normalized spacial score (nSPS) is 12.8. The Morgan fingerprint density at radius 3 is 2.23 bits per heavy atom. The van der Waals surface area contributed by atoms with Crippen LogP contribution in [0.15, 0.2) is 66.9 Å². The lowest BCUT2D eigenvalue weighted by Crippen LogP contribution is -2.35. The first-order valence-electron chi connectivity index (χ1n) is 11.1. The molecule has 180 valence electrons. The number of carbonyl (C=O) groups excluding carboxylic acids is 2. The van der Waals surface area contributed by atoms with Crippen LogP contribution >= 0.6 is 0 Å². The summed E-state index contributed by atoms with van der Waals surface area (Å²) in [6.07, 6.45) is -0.911. The number of anilines is 1. The predicted octanol–water partition coefficient (Wildman–Crippen LogP) is 2.94. The van der Waals surface area contributed by atoms with Crippen molar-refractivity contribution in [3.8, 4) is 11.1 Å². The highest BCUT2D eigenvalue weighted by atomic mass is 16.5. The third kappa shape index (κ3) is 6.01. The first-order valence-corrected chi connectivity index (χ1v) is 11.1. The number of alkyl carbamates (subject to hydrolysis) is 1. The summed E-state index contributed by atoms with van der Waals surface area (Å²) in [7, 11) is 0. The van der Waals surface area contributed by atoms with E-state index in [1.807, 2.05) is 36.4 Å². The molecule has 0 aliphatic heterocycles. The topological polar surface area (TPSA) is 138 Å². The van der Waals surface area contributed by atoms with Gasteiger partial charge in [0.15, 0.2) is 0 Å². The molecule has 2 amide bonds. The lowest BCUT2D eigenvalue weighted by molar-refractivity contribution is -0.136. The number of aliphatic hydroxyl groups excluding tert-OH is 1. The van der Waals surface area contributed by atoms with Crippen LogP contribution in [0.3, 0.4) is 0 Å². The summed E-state index contributed by atoms with van der Waals surface area (Å²) < 4.78 is 5.42. The Morgan fingerprint density at radius 1 is 0.971 bits per heavy atom. The number of pyridine rings is 1. The molecule has 0 radical (unpaired) electrons. The zero-order valence-corrected chi connectivity index (χ0v) is 18.8. The Bertz CT molecular complexity index is 1180. The van der Waals surface area contributed by atoms with Crippen molar-refractivity contribution in [2.24, 2.45) is 0 Å². The number of rotatable bonds is 9. The number of nitrogens with zero attached hydrogens (tertiary/aromatic N) is 1. The number of ether oxygens (including phenoxy) is 1. The predicted molar refractivity (Wildman–Crippen MR) is 128 cm³/mol. The van der Waals surface area contributed by atoms with Gasteiger partial charge in [0, 0.05) is 12.5 Å². The van der Waals surface area contributed by atoms with Crippen molar-refractivity contribution in [2.75, 3.05) is 18.5 Å². The van der Waals surface area contributed by atoms with Gasteiger partial charge in [-0.3, -0.25) is 14.6 Å². The van der Waals surface area contributed by atoms with Crippen molar-refractivity contribution >= 4 is 23.7 Å². The largest absolute Gasteiger partial charge is 0.481 e. The van der Waals surface area contributed by atoms with Crippen LogP contribution in [0.5, 0.6) is 0 Å². The first-order chi connectivity index (χ1) is 16.9. The van der Waals surface area contributed by atoms with Crippen LogP contribution in [0, 0.1) is 0 Å². The molecule has 0 bridgehead atoms. The van der Waals surface area contributed by atoms with Crippen molar-refractivity contribution in [2.45, 2.75) is 24.9 Å². The molecule has 0 fully saturated rings. The maximum atomic E-state index is 12.2. The smallest absolute Gasteiger partial charge is 0.407 e. The summed E-state index contributed by atoms with van der Waals surface area (Å²) in [4.78, 5) is 39.0. The summed E-state index contributed by atoms with van der Waals surface area (Å²) >= 11 is 0. The zero-order valence-electron chi connectivity index (χ0n) is 18.8. The average molecular weight is 476 g/mol. The Morgan fingerprint density at radius 2 is 1.63 bits per heavy atom. The van der Waals surface area contributed by atoms with E-state index in [2.05, 4.69) is 27.8 Å². The highest BCUT2D eigenvalue weighted by Gasteiger charge is 2.29. The van der Waals surface area contributed by atoms with E-state index < -0.39 is 24.1 Å². The van der Waals surface area contributed by atoms with E-state index >= 15 is 0 Å². The number of aliphatic hydroxyl groups is 1. The molecular weight excluding hydrogens is 450 g/mol. The van der Waals surface area contributed by atoms with Crippen molar-refractivity contribution in [1.29, 1.82) is 0 Å². The van der Waals surface area contributed by atoms with Gasteiger partial charge in [0.25, 0.3) is 0 Å². The molecule has 35 heavy (non-hydrogen) atoms. The third-order valence-electron chi connectivity index (χ3n) is 5.69. The number of nitrogens with one attached hydrogen (secondary N) is 2. The molecule has 1 aliphatic rings. The minimum Gasteiger partial charge on any atom is -0.481 e. The molecule has 1 atom stereocenters. The Hall–Kier alpha value is -4.24. The monoisotopic (exact) mass is 475 g/mol. The average Bonchev–Trinajstić information content (AvgIpc) is 3.16. The van der Waals surface area contributed by atoms with Gasteiger partial charge in [0.2, 0.25) is 5.91 Å². The molecule has 1 aromatic heterocycles. The van der Waals surface area contributed by atoms with Crippen molar-refractivity contribution in [1.82, 2.24) is 10.3 Å². The molecule has 4 N–H and O–H groups in total. The second kappa shape index (κ2) is 10.8. The number of amides is 2. The molecule has 9 nitrogen and oxygen atoms in total. The molecule has 0 saturated carbocycles. The van der Waals surface area contributed by atoms with E-state index in [1.165, 1.54) is 18.3 Å². The van der Waals surface area contributed by atoms with Crippen LogP contribution in [0.4, 0.5) is 10.5 Å². The van der Waals surface area contributed by atoms with E-state index in [1.54, 1.807) is 0 Å². The van der Waals surface area contributed by atoms with Gasteiger partial charge in [-0.05, 0) is 34.4 Å². The molecule has 2 aromatic carbocycles. The summed E-state index contributed by atoms with van der Waals surface area (Å²) in [6, 6.07) is 19.1. The molecule has 0 saturated heterocycles. The van der Waals surface area contributed by atoms with Crippen LogP contribution in [-0.2, 0) is 20.7 Å². The fourth-order valence-electron chi connectivity index (χ4n) is 4.11. The number of fused-ring (bicyclic) bond motifs is 3. The highest BCUT2D eigenvalue weighted by molar-refractivity contribution is 5.91. The Labute approximate surface area is 201 Å². The minimum atomic E-state index is -1.12. The molecular formula is C26H25N3O6. The van der Waals surface area contributed by atoms with Crippen molar-refractivity contribution < 1.29 is 29.3 Å². The van der Waals surface area contributed by atoms with Gasteiger partial charge >= 0.3 is 12.1 Å². The van der Waals surface area contributed by atoms with E-state index in [9.17, 15) is 19.5 Å². The van der Waals surface area contributed by atoms with Gasteiger partial charge in [0.05, 0.1) is 36.5 Å². The van der Waals surface area contributed by atoms with Crippen molar-refractivity contribution in [3.63, 3.8) is 0 Å². The molecule has 3 aromatic rings. The molecule has 9 heteroatoms. The van der Waals surface area contributed by atoms with Gasteiger partial charge in [-0.1, -0.05) is 48.5 Å². The molecule has 4 rings (SSSR count). The number of carboxylic acids is 1. The van der Waals surface area contributed by atoms with Crippen molar-refractivity contribution in [3.05, 3.63) is 83.7 Å². The van der Waals surface area contributed by atoms with Crippen LogP contribution in [-0.4, -0.2) is 52.4 Å². The summed E-state index contributed by atoms with van der Waals surface area (Å²) in [6.45, 7) is 0.00120. The number of aromatic nitrogens is 1. The summed E-state index contributed by atoms with van der Waals surface area (Å²) in [5, 5.41) is 23.9. The standard InChI is InChI=1S/C26H25N3O6/c30-18(12-24(31)29-17-10-9-16(27-13-17)11-25(32)33)14-28-26(34)35-15-23-21-7-3-1-5-19(21)20-6-2-4-8-22(20)23/h1-10,13,18,23,30H,11-12,14-15H2,(H,28,34)(H,29,31)(H,32,33). The SMILES string of the molecule is O=C(O)Cc1ccc(NC(=O)CC(O)CNC(=O)OCC2c3ccccc3-c3ccccc32)cn1. The van der Waals surface area contributed by atoms with Crippen LogP contribution in [0.25, 0.3) is 11.1 Å². The minimum absolute atomic E-state index is 0.0700. The number of benzene rings is 2. The van der Waals surface area contributed by atoms with Gasteiger partial charge in [-0.15, -0.1) is 0 Å². The van der Waals surface area contributed by atoms with Crippen LogP contribution in [0.2, 0.25) is 0 Å². The van der Waals surface area contributed by atoms with Gasteiger partial charge in [0.1, 0.15) is 6.61 Å². The van der Waals surface area contributed by atoms with Gasteiger partial charge < -0.3 is 25.6 Å². The Kier molecular flexibility index (Phi) is 7.37. The molecule has 1 heterocycles. The fourth-order valence-corrected chi connectivity index (χ4v) is 4.11. The van der Waals surface area contributed by atoms with E-state index in [0.29, 0.717) is 11.4 Å². The van der Waals surface area contributed by atoms with E-state index in [-0.39, 0.29) is 31.9 Å². The van der Waals surface area contributed by atoms with E-state index in [4.69, 9.17) is 9.84 Å². The number of hydrogen-bond acceptors (Lipinski definition) is 6. The lowest BCUT2D eigenvalue weighted by Gasteiger charge is -2.16. The number of carbonyl (C=O) groups is 3. The van der Waals surface area contributed by atoms with Crippen LogP contribution in [0.1, 0.15) is 29.2 Å². The second-order valence-corrected chi connectivity index (χ2v) is 8.22. The third-order valence-corrected chi connectivity index (χ3v) is 5.69. The molecule has 0 spiro atoms. The van der Waals surface area contributed by atoms with Gasteiger partial charge in [-0.25, -0.2) is 4.79 Å². The molecule has 1 unspecified atom stereocenters. The quantitative estimate of drug-likeness (QED) is 0.373. The molecule has 1 aliphatic carbocycles. The van der Waals surface area contributed by atoms with Gasteiger partial charge in [-0.2, -0.15) is 0 Å². The van der Waals surface area contributed by atoms with E-state index in [0.717, 1.165) is 22.3 Å².